The van der Waals surface area contributed by atoms with Gasteiger partial charge in [0.1, 0.15) is 5.82 Å². The summed E-state index contributed by atoms with van der Waals surface area (Å²) < 4.78 is 15.8. The van der Waals surface area contributed by atoms with Crippen LogP contribution in [0.4, 0.5) is 14.9 Å². The van der Waals surface area contributed by atoms with E-state index < -0.39 is 0 Å². The van der Waals surface area contributed by atoms with E-state index in [4.69, 9.17) is 0 Å². The van der Waals surface area contributed by atoms with Crippen molar-refractivity contribution in [1.82, 2.24) is 20.2 Å². The second-order valence-corrected chi connectivity index (χ2v) is 5.67. The van der Waals surface area contributed by atoms with E-state index in [0.717, 1.165) is 0 Å². The topological polar surface area (TPSA) is 62.2 Å². The average molecular weight is 319 g/mol. The molecule has 2 rings (SSSR count). The summed E-state index contributed by atoms with van der Waals surface area (Å²) in [6.07, 6.45) is 5.23. The van der Waals surface area contributed by atoms with E-state index in [9.17, 15) is 9.18 Å². The Kier molecular flexibility index (Phi) is 5.56. The number of amides is 2. The zero-order chi connectivity index (χ0) is 16.8. The van der Waals surface area contributed by atoms with E-state index >= 15 is 0 Å². The highest BCUT2D eigenvalue weighted by molar-refractivity contribution is 5.74. The van der Waals surface area contributed by atoms with Crippen molar-refractivity contribution in [3.8, 4) is 0 Å². The van der Waals surface area contributed by atoms with Crippen molar-refractivity contribution >= 4 is 11.7 Å². The summed E-state index contributed by atoms with van der Waals surface area (Å²) in [7, 11) is 3.57. The van der Waals surface area contributed by atoms with Gasteiger partial charge in [0.15, 0.2) is 0 Å². The van der Waals surface area contributed by atoms with E-state index in [0.29, 0.717) is 17.8 Å². The second-order valence-electron chi connectivity index (χ2n) is 5.67. The number of hydrogen-bond acceptors (Lipinski definition) is 3. The van der Waals surface area contributed by atoms with E-state index in [1.54, 1.807) is 43.7 Å². The fraction of sp³-hybridized carbons (Fsp3) is 0.375. The molecule has 6 nitrogen and oxygen atoms in total. The van der Waals surface area contributed by atoms with Gasteiger partial charge in [0.25, 0.3) is 0 Å². The molecular weight excluding hydrogens is 297 g/mol. The van der Waals surface area contributed by atoms with Crippen LogP contribution in [0.15, 0.2) is 36.9 Å². The summed E-state index contributed by atoms with van der Waals surface area (Å²) in [5.74, 6) is -0.303. The van der Waals surface area contributed by atoms with Gasteiger partial charge in [-0.1, -0.05) is 6.07 Å². The normalized spacial score (nSPS) is 11.8. The predicted octanol–water partition coefficient (Wildman–Crippen LogP) is 1.98. The van der Waals surface area contributed by atoms with Gasteiger partial charge >= 0.3 is 6.03 Å². The van der Waals surface area contributed by atoms with Crippen LogP contribution in [0.1, 0.15) is 12.5 Å². The number of rotatable bonds is 6. The van der Waals surface area contributed by atoms with Crippen molar-refractivity contribution in [2.45, 2.75) is 26.1 Å². The lowest BCUT2D eigenvalue weighted by molar-refractivity contribution is 0.236. The Bertz CT molecular complexity index is 642. The monoisotopic (exact) mass is 319 g/mol. The molecule has 0 saturated heterocycles. The highest BCUT2D eigenvalue weighted by Crippen LogP contribution is 2.18. The molecule has 0 aliphatic rings. The molecule has 0 aliphatic carbocycles. The van der Waals surface area contributed by atoms with Crippen molar-refractivity contribution < 1.29 is 9.18 Å². The second kappa shape index (κ2) is 7.62. The number of imidazole rings is 1. The van der Waals surface area contributed by atoms with Crippen molar-refractivity contribution in [2.75, 3.05) is 19.0 Å². The first kappa shape index (κ1) is 16.8. The van der Waals surface area contributed by atoms with Crippen molar-refractivity contribution in [2.24, 2.45) is 0 Å². The molecule has 0 radical (unpaired) electrons. The van der Waals surface area contributed by atoms with Gasteiger partial charge in [-0.15, -0.1) is 0 Å². The molecule has 2 amide bonds. The van der Waals surface area contributed by atoms with Gasteiger partial charge in [0.05, 0.1) is 12.0 Å². The lowest BCUT2D eigenvalue weighted by Crippen LogP contribution is -2.42. The largest absolute Gasteiger partial charge is 0.375 e. The first-order valence-electron chi connectivity index (χ1n) is 7.41. The number of urea groups is 1. The van der Waals surface area contributed by atoms with Crippen LogP contribution >= 0.6 is 0 Å². The standard InChI is InChI=1S/C16H22FN5O/c1-12(10-22-7-6-18-11-22)20-16(23)19-9-13-4-5-15(21(2)3)14(17)8-13/h4-8,11-12H,9-10H2,1-3H3,(H2,19,20,23). The van der Waals surface area contributed by atoms with Gasteiger partial charge in [-0.25, -0.2) is 14.2 Å². The minimum atomic E-state index is -0.303. The fourth-order valence-electron chi connectivity index (χ4n) is 2.24. The third-order valence-corrected chi connectivity index (χ3v) is 3.37. The Hall–Kier alpha value is -2.57. The van der Waals surface area contributed by atoms with Gasteiger partial charge in [-0.2, -0.15) is 0 Å². The van der Waals surface area contributed by atoms with Crippen molar-refractivity contribution in [1.29, 1.82) is 0 Å². The number of carbonyl (C=O) groups is 1. The van der Waals surface area contributed by atoms with Crippen molar-refractivity contribution in [3.05, 3.63) is 48.3 Å². The van der Waals surface area contributed by atoms with Gasteiger partial charge < -0.3 is 20.1 Å². The molecule has 124 valence electrons. The zero-order valence-electron chi connectivity index (χ0n) is 13.6. The number of benzene rings is 1. The van der Waals surface area contributed by atoms with Crippen molar-refractivity contribution in [3.63, 3.8) is 0 Å². The van der Waals surface area contributed by atoms with E-state index in [2.05, 4.69) is 15.6 Å². The van der Waals surface area contributed by atoms with Crippen LogP contribution in [0.5, 0.6) is 0 Å². The predicted molar refractivity (Wildman–Crippen MR) is 87.8 cm³/mol. The molecule has 1 heterocycles. The number of hydrogen-bond donors (Lipinski definition) is 2. The number of aromatic nitrogens is 2. The summed E-state index contributed by atoms with van der Waals surface area (Å²) >= 11 is 0. The lowest BCUT2D eigenvalue weighted by atomic mass is 10.2. The van der Waals surface area contributed by atoms with E-state index in [1.807, 2.05) is 17.7 Å². The molecule has 1 aromatic heterocycles. The summed E-state index contributed by atoms with van der Waals surface area (Å²) in [6.45, 7) is 2.82. The lowest BCUT2D eigenvalue weighted by Gasteiger charge is -2.16. The van der Waals surface area contributed by atoms with Gasteiger partial charge in [-0.3, -0.25) is 0 Å². The first-order valence-corrected chi connectivity index (χ1v) is 7.41. The van der Waals surface area contributed by atoms with Crippen LogP contribution in [0.25, 0.3) is 0 Å². The number of anilines is 1. The third-order valence-electron chi connectivity index (χ3n) is 3.37. The summed E-state index contributed by atoms with van der Waals surface area (Å²) in [6, 6.07) is 4.61. The van der Waals surface area contributed by atoms with E-state index in [1.165, 1.54) is 6.07 Å². The van der Waals surface area contributed by atoms with E-state index in [-0.39, 0.29) is 24.4 Å². The maximum atomic E-state index is 13.9. The number of halogens is 1. The first-order chi connectivity index (χ1) is 11.0. The van der Waals surface area contributed by atoms with Gasteiger partial charge in [0.2, 0.25) is 0 Å². The summed E-state index contributed by atoms with van der Waals surface area (Å²) in [4.78, 5) is 17.5. The molecule has 1 unspecified atom stereocenters. The van der Waals surface area contributed by atoms with Crippen LogP contribution < -0.4 is 15.5 Å². The molecule has 23 heavy (non-hydrogen) atoms. The van der Waals surface area contributed by atoms with Crippen LogP contribution in [-0.2, 0) is 13.1 Å². The van der Waals surface area contributed by atoms with Gasteiger partial charge in [-0.05, 0) is 24.6 Å². The van der Waals surface area contributed by atoms with Crippen LogP contribution in [0.2, 0.25) is 0 Å². The molecule has 0 bridgehead atoms. The Labute approximate surface area is 135 Å². The number of carbonyl (C=O) groups excluding carboxylic acids is 1. The minimum Gasteiger partial charge on any atom is -0.375 e. The summed E-state index contributed by atoms with van der Waals surface area (Å²) in [5.41, 5.74) is 1.23. The minimum absolute atomic E-state index is 0.0444. The van der Waals surface area contributed by atoms with Crippen LogP contribution in [0, 0.1) is 5.82 Å². The molecule has 2 aromatic rings. The molecule has 1 atom stereocenters. The maximum Gasteiger partial charge on any atom is 0.315 e. The molecule has 0 fully saturated rings. The van der Waals surface area contributed by atoms with Crippen LogP contribution in [-0.4, -0.2) is 35.7 Å². The highest BCUT2D eigenvalue weighted by Gasteiger charge is 2.09. The highest BCUT2D eigenvalue weighted by atomic mass is 19.1. The third kappa shape index (κ3) is 4.98. The Morgan fingerprint density at radius 1 is 1.43 bits per heavy atom. The number of nitrogens with one attached hydrogen (secondary N) is 2. The Morgan fingerprint density at radius 3 is 2.83 bits per heavy atom. The maximum absolute atomic E-state index is 13.9. The molecule has 0 aliphatic heterocycles. The fourth-order valence-corrected chi connectivity index (χ4v) is 2.24. The molecule has 2 N–H and O–H groups in total. The summed E-state index contributed by atoms with van der Waals surface area (Å²) in [5, 5.41) is 5.56. The van der Waals surface area contributed by atoms with Crippen LogP contribution in [0.3, 0.4) is 0 Å². The SMILES string of the molecule is CC(Cn1ccnc1)NC(=O)NCc1ccc(N(C)C)c(F)c1. The number of nitrogens with zero attached hydrogens (tertiary/aromatic N) is 3. The smallest absolute Gasteiger partial charge is 0.315 e. The van der Waals surface area contributed by atoms with Gasteiger partial charge in [0, 0.05) is 45.6 Å². The average Bonchev–Trinajstić information content (AvgIpc) is 2.97. The molecule has 1 aromatic carbocycles. The Morgan fingerprint density at radius 2 is 2.22 bits per heavy atom. The zero-order valence-corrected chi connectivity index (χ0v) is 13.6. The molecule has 0 saturated carbocycles. The quantitative estimate of drug-likeness (QED) is 0.856. The Balaban J connectivity index is 1.81. The molecule has 0 spiro atoms. The molecule has 7 heteroatoms. The molecular formula is C16H22FN5O.